The maximum Gasteiger partial charge on any atom is 0.257 e. The minimum atomic E-state index is -0.412. The topological polar surface area (TPSA) is 84.9 Å². The maximum absolute atomic E-state index is 11.9. The number of carbonyl (C=O) groups is 2. The van der Waals surface area contributed by atoms with E-state index in [9.17, 15) is 9.59 Å². The molecule has 1 heterocycles. The maximum atomic E-state index is 11.9. The van der Waals surface area contributed by atoms with Gasteiger partial charge in [0.1, 0.15) is 0 Å². The van der Waals surface area contributed by atoms with Gasteiger partial charge in [0.2, 0.25) is 5.91 Å². The molecule has 1 aliphatic heterocycles. The fraction of sp³-hybridized carbons (Fsp3) is 0.429. The molecule has 0 aliphatic carbocycles. The second-order valence-electron chi connectivity index (χ2n) is 5.00. The van der Waals surface area contributed by atoms with Crippen LogP contribution in [-0.2, 0) is 9.59 Å². The summed E-state index contributed by atoms with van der Waals surface area (Å²) in [6.45, 7) is 3.37. The minimum absolute atomic E-state index is 0.0391. The summed E-state index contributed by atoms with van der Waals surface area (Å²) in [5.41, 5.74) is 2.42. The lowest BCUT2D eigenvalue weighted by Gasteiger charge is -2.33. The van der Waals surface area contributed by atoms with E-state index in [1.807, 2.05) is 40.1 Å². The quantitative estimate of drug-likeness (QED) is 0.515. The normalized spacial score (nSPS) is 16.4. The smallest absolute Gasteiger partial charge is 0.257 e. The third kappa shape index (κ3) is 5.14. The van der Waals surface area contributed by atoms with Gasteiger partial charge in [-0.1, -0.05) is 18.2 Å². The van der Waals surface area contributed by atoms with E-state index in [4.69, 9.17) is 5.21 Å². The van der Waals surface area contributed by atoms with Crippen molar-refractivity contribution in [3.05, 3.63) is 30.3 Å². The van der Waals surface area contributed by atoms with E-state index >= 15 is 0 Å². The molecule has 0 unspecified atom stereocenters. The highest BCUT2D eigenvalue weighted by atomic mass is 16.5. The molecule has 0 saturated carbocycles. The second-order valence-corrected chi connectivity index (χ2v) is 5.00. The van der Waals surface area contributed by atoms with Crippen molar-refractivity contribution < 1.29 is 14.8 Å². The highest BCUT2D eigenvalue weighted by Crippen LogP contribution is 2.06. The van der Waals surface area contributed by atoms with Crippen molar-refractivity contribution in [3.63, 3.8) is 0 Å². The largest absolute Gasteiger partial charge is 0.325 e. The number of piperazine rings is 1. The molecule has 0 aromatic heterocycles. The predicted octanol–water partition coefficient (Wildman–Crippen LogP) is -0.252. The van der Waals surface area contributed by atoms with E-state index in [-0.39, 0.29) is 12.5 Å². The number of amides is 2. The van der Waals surface area contributed by atoms with E-state index in [2.05, 4.69) is 5.32 Å². The van der Waals surface area contributed by atoms with Crippen LogP contribution in [0.2, 0.25) is 0 Å². The highest BCUT2D eigenvalue weighted by molar-refractivity contribution is 5.92. The molecule has 0 atom stereocenters. The summed E-state index contributed by atoms with van der Waals surface area (Å²) in [6, 6.07) is 9.35. The SMILES string of the molecule is O=C(CN1CCN(CC(=O)Nc2ccccc2)CC1)NO. The van der Waals surface area contributed by atoms with E-state index in [0.29, 0.717) is 19.6 Å². The molecule has 1 aromatic rings. The fourth-order valence-electron chi connectivity index (χ4n) is 2.27. The van der Waals surface area contributed by atoms with Crippen LogP contribution in [0.15, 0.2) is 30.3 Å². The van der Waals surface area contributed by atoms with Gasteiger partial charge in [0.15, 0.2) is 0 Å². The molecule has 21 heavy (non-hydrogen) atoms. The number of rotatable bonds is 5. The molecule has 1 saturated heterocycles. The Morgan fingerprint density at radius 1 is 0.952 bits per heavy atom. The summed E-state index contributed by atoms with van der Waals surface area (Å²) in [7, 11) is 0. The average Bonchev–Trinajstić information content (AvgIpc) is 2.50. The Bertz CT molecular complexity index is 472. The third-order valence-corrected chi connectivity index (χ3v) is 3.38. The zero-order valence-electron chi connectivity index (χ0n) is 11.8. The molecular weight excluding hydrogens is 272 g/mol. The van der Waals surface area contributed by atoms with E-state index in [1.54, 1.807) is 5.48 Å². The van der Waals surface area contributed by atoms with Gasteiger partial charge in [0, 0.05) is 31.9 Å². The fourth-order valence-corrected chi connectivity index (χ4v) is 2.27. The van der Waals surface area contributed by atoms with Gasteiger partial charge in [-0.05, 0) is 12.1 Å². The van der Waals surface area contributed by atoms with E-state index in [1.165, 1.54) is 0 Å². The average molecular weight is 292 g/mol. The number of nitrogens with one attached hydrogen (secondary N) is 2. The van der Waals surface area contributed by atoms with Crippen molar-refractivity contribution in [2.45, 2.75) is 0 Å². The summed E-state index contributed by atoms with van der Waals surface area (Å²) in [5.74, 6) is -0.451. The Morgan fingerprint density at radius 3 is 2.00 bits per heavy atom. The molecule has 1 aromatic carbocycles. The monoisotopic (exact) mass is 292 g/mol. The number of carbonyl (C=O) groups excluding carboxylic acids is 2. The standard InChI is InChI=1S/C14H20N4O3/c19-13(15-12-4-2-1-3-5-12)10-17-6-8-18(9-7-17)11-14(20)16-21/h1-5,21H,6-11H2,(H,15,19)(H,16,20). The Hall–Kier alpha value is -1.96. The van der Waals surface area contributed by atoms with Crippen LogP contribution in [0.1, 0.15) is 0 Å². The van der Waals surface area contributed by atoms with Gasteiger partial charge >= 0.3 is 0 Å². The van der Waals surface area contributed by atoms with Crippen molar-refractivity contribution in [3.8, 4) is 0 Å². The van der Waals surface area contributed by atoms with Crippen molar-refractivity contribution in [2.24, 2.45) is 0 Å². The molecule has 1 fully saturated rings. The summed E-state index contributed by atoms with van der Waals surface area (Å²) in [5, 5.41) is 11.3. The number of hydrogen-bond donors (Lipinski definition) is 3. The number of para-hydroxylation sites is 1. The van der Waals surface area contributed by atoms with Gasteiger partial charge in [-0.25, -0.2) is 5.48 Å². The van der Waals surface area contributed by atoms with Crippen molar-refractivity contribution in [1.29, 1.82) is 0 Å². The lowest BCUT2D eigenvalue weighted by Crippen LogP contribution is -2.50. The van der Waals surface area contributed by atoms with Crippen LogP contribution in [0, 0.1) is 0 Å². The van der Waals surface area contributed by atoms with Crippen molar-refractivity contribution in [1.82, 2.24) is 15.3 Å². The molecule has 3 N–H and O–H groups in total. The van der Waals surface area contributed by atoms with Crippen molar-refractivity contribution in [2.75, 3.05) is 44.6 Å². The van der Waals surface area contributed by atoms with Gasteiger partial charge in [-0.3, -0.25) is 24.6 Å². The van der Waals surface area contributed by atoms with Crippen LogP contribution < -0.4 is 10.8 Å². The van der Waals surface area contributed by atoms with E-state index < -0.39 is 5.91 Å². The van der Waals surface area contributed by atoms with Gasteiger partial charge in [-0.15, -0.1) is 0 Å². The Morgan fingerprint density at radius 2 is 1.48 bits per heavy atom. The minimum Gasteiger partial charge on any atom is -0.325 e. The summed E-state index contributed by atoms with van der Waals surface area (Å²) < 4.78 is 0. The van der Waals surface area contributed by atoms with Gasteiger partial charge in [0.05, 0.1) is 13.1 Å². The summed E-state index contributed by atoms with van der Waals surface area (Å²) in [6.07, 6.45) is 0. The Kier molecular flexibility index (Phi) is 5.68. The van der Waals surface area contributed by atoms with Gasteiger partial charge in [0.25, 0.3) is 5.91 Å². The molecule has 0 spiro atoms. The van der Waals surface area contributed by atoms with Crippen LogP contribution in [0.3, 0.4) is 0 Å². The van der Waals surface area contributed by atoms with Crippen molar-refractivity contribution >= 4 is 17.5 Å². The molecule has 0 radical (unpaired) electrons. The highest BCUT2D eigenvalue weighted by Gasteiger charge is 2.20. The molecule has 7 nitrogen and oxygen atoms in total. The summed E-state index contributed by atoms with van der Waals surface area (Å²) in [4.78, 5) is 27.0. The van der Waals surface area contributed by atoms with Gasteiger partial charge < -0.3 is 5.32 Å². The molecule has 7 heteroatoms. The van der Waals surface area contributed by atoms with Crippen LogP contribution in [0.25, 0.3) is 0 Å². The molecule has 0 bridgehead atoms. The molecular formula is C14H20N4O3. The first-order valence-corrected chi connectivity index (χ1v) is 6.90. The second kappa shape index (κ2) is 7.72. The summed E-state index contributed by atoms with van der Waals surface area (Å²) >= 11 is 0. The zero-order chi connectivity index (χ0) is 15.1. The Labute approximate surface area is 123 Å². The zero-order valence-corrected chi connectivity index (χ0v) is 11.8. The first-order valence-electron chi connectivity index (χ1n) is 6.90. The van der Waals surface area contributed by atoms with E-state index in [0.717, 1.165) is 18.8 Å². The molecule has 114 valence electrons. The lowest BCUT2D eigenvalue weighted by atomic mass is 10.3. The van der Waals surface area contributed by atoms with Crippen LogP contribution in [0.4, 0.5) is 5.69 Å². The van der Waals surface area contributed by atoms with Crippen LogP contribution in [-0.4, -0.2) is 66.1 Å². The third-order valence-electron chi connectivity index (χ3n) is 3.38. The van der Waals surface area contributed by atoms with Crippen LogP contribution in [0.5, 0.6) is 0 Å². The van der Waals surface area contributed by atoms with Crippen LogP contribution >= 0.6 is 0 Å². The molecule has 2 rings (SSSR count). The number of benzene rings is 1. The number of nitrogens with zero attached hydrogens (tertiary/aromatic N) is 2. The number of hydroxylamine groups is 1. The first-order chi connectivity index (χ1) is 10.2. The van der Waals surface area contributed by atoms with Gasteiger partial charge in [-0.2, -0.15) is 0 Å². The molecule has 2 amide bonds. The predicted molar refractivity (Wildman–Crippen MR) is 77.9 cm³/mol. The molecule has 1 aliphatic rings. The Balaban J connectivity index is 1.71. The number of hydrogen-bond acceptors (Lipinski definition) is 5. The first kappa shape index (κ1) is 15.4. The number of anilines is 1. The lowest BCUT2D eigenvalue weighted by molar-refractivity contribution is -0.131.